The molecule has 0 bridgehead atoms. The van der Waals surface area contributed by atoms with E-state index in [0.29, 0.717) is 18.7 Å². The van der Waals surface area contributed by atoms with Gasteiger partial charge in [-0.25, -0.2) is 27.7 Å². The van der Waals surface area contributed by atoms with Crippen LogP contribution in [0.5, 0.6) is 0 Å². The van der Waals surface area contributed by atoms with Gasteiger partial charge in [-0.1, -0.05) is 0 Å². The van der Waals surface area contributed by atoms with Crippen molar-refractivity contribution in [2.45, 2.75) is 18.8 Å². The summed E-state index contributed by atoms with van der Waals surface area (Å²) >= 11 is 0. The van der Waals surface area contributed by atoms with Crippen molar-refractivity contribution in [3.05, 3.63) is 30.5 Å². The molecule has 0 aromatic carbocycles. The third-order valence-corrected chi connectivity index (χ3v) is 5.74. The van der Waals surface area contributed by atoms with Gasteiger partial charge in [0.1, 0.15) is 0 Å². The molecule has 0 radical (unpaired) electrons. The fraction of sp³-hybridized carbons (Fsp3) is 0.400. The van der Waals surface area contributed by atoms with Crippen molar-refractivity contribution in [2.24, 2.45) is 0 Å². The number of rotatable bonds is 2. The third-order valence-electron chi connectivity index (χ3n) is 4.47. The van der Waals surface area contributed by atoms with Crippen LogP contribution in [0.25, 0.3) is 21.9 Å². The molecule has 0 amide bonds. The lowest BCUT2D eigenvalue weighted by atomic mass is 9.93. The molecule has 1 atom stereocenters. The number of nitrogens with one attached hydrogen (secondary N) is 1. The van der Waals surface area contributed by atoms with Crippen LogP contribution in [0.2, 0.25) is 0 Å². The Hall–Kier alpha value is -2.06. The average molecular weight is 331 g/mol. The monoisotopic (exact) mass is 331 g/mol. The fourth-order valence-corrected chi connectivity index (χ4v) is 4.29. The first-order chi connectivity index (χ1) is 11.0. The molecule has 8 heteroatoms. The zero-order valence-electron chi connectivity index (χ0n) is 12.7. The Morgan fingerprint density at radius 1 is 1.30 bits per heavy atom. The fourth-order valence-electron chi connectivity index (χ4n) is 3.38. The van der Waals surface area contributed by atoms with Crippen molar-refractivity contribution in [1.29, 1.82) is 0 Å². The number of aromatic nitrogens is 4. The summed E-state index contributed by atoms with van der Waals surface area (Å²) in [5.41, 5.74) is 2.51. The van der Waals surface area contributed by atoms with Crippen LogP contribution in [0.3, 0.4) is 0 Å². The van der Waals surface area contributed by atoms with Gasteiger partial charge in [-0.05, 0) is 18.9 Å². The van der Waals surface area contributed by atoms with Gasteiger partial charge in [0.05, 0.1) is 24.3 Å². The first-order valence-electron chi connectivity index (χ1n) is 7.56. The van der Waals surface area contributed by atoms with Crippen LogP contribution >= 0.6 is 0 Å². The second-order valence-electron chi connectivity index (χ2n) is 5.98. The smallest absolute Gasteiger partial charge is 0.211 e. The van der Waals surface area contributed by atoms with Crippen LogP contribution in [-0.4, -0.2) is 52.0 Å². The summed E-state index contributed by atoms with van der Waals surface area (Å²) in [6, 6.07) is 1.93. The molecule has 1 N–H and O–H groups in total. The summed E-state index contributed by atoms with van der Waals surface area (Å²) in [5.74, 6) is 0.115. The third kappa shape index (κ3) is 2.47. The van der Waals surface area contributed by atoms with Gasteiger partial charge in [0.15, 0.2) is 5.65 Å². The van der Waals surface area contributed by atoms with E-state index in [2.05, 4.69) is 19.9 Å². The van der Waals surface area contributed by atoms with Crippen LogP contribution < -0.4 is 0 Å². The number of sulfonamides is 1. The molecule has 1 fully saturated rings. The molecule has 3 aromatic heterocycles. The molecule has 0 spiro atoms. The number of H-pyrrole nitrogens is 1. The lowest BCUT2D eigenvalue weighted by Gasteiger charge is -2.31. The van der Waals surface area contributed by atoms with E-state index in [0.717, 1.165) is 34.8 Å². The highest BCUT2D eigenvalue weighted by atomic mass is 32.2. The normalized spacial score (nSPS) is 20.3. The molecule has 3 aromatic rings. The Balaban J connectivity index is 1.86. The van der Waals surface area contributed by atoms with Crippen molar-refractivity contribution in [1.82, 2.24) is 24.2 Å². The second kappa shape index (κ2) is 5.24. The SMILES string of the molecule is CS(=O)(=O)N1CCCC(c2[nH]cnc3cnc4nccc4c23)C1. The summed E-state index contributed by atoms with van der Waals surface area (Å²) in [5, 5.41) is 1.95. The summed E-state index contributed by atoms with van der Waals surface area (Å²) in [6.07, 6.45) is 8.17. The van der Waals surface area contributed by atoms with Crippen LogP contribution in [0.1, 0.15) is 24.5 Å². The standard InChI is InChI=1S/C15H17N5O2S/c1-23(21,22)20-6-2-3-10(8-20)14-13-11-4-5-16-15(11)17-7-12(13)18-9-19-14/h4-5,7,9-10H,2-3,6,8H2,1H3,(H,18,19). The van der Waals surface area contributed by atoms with Gasteiger partial charge in [0.2, 0.25) is 10.0 Å². The van der Waals surface area contributed by atoms with Gasteiger partial charge in [0.25, 0.3) is 0 Å². The minimum atomic E-state index is -3.17. The van der Waals surface area contributed by atoms with Gasteiger partial charge < -0.3 is 4.98 Å². The van der Waals surface area contributed by atoms with Crippen LogP contribution in [-0.2, 0) is 10.0 Å². The summed E-state index contributed by atoms with van der Waals surface area (Å²) < 4.78 is 25.3. The molecule has 1 saturated heterocycles. The average Bonchev–Trinajstić information content (AvgIpc) is 3.02. The number of hydrogen-bond donors (Lipinski definition) is 1. The van der Waals surface area contributed by atoms with Gasteiger partial charge >= 0.3 is 0 Å². The molecule has 4 heterocycles. The van der Waals surface area contributed by atoms with E-state index in [1.54, 1.807) is 23.0 Å². The summed E-state index contributed by atoms with van der Waals surface area (Å²) in [7, 11) is -3.17. The first-order valence-corrected chi connectivity index (χ1v) is 9.40. The van der Waals surface area contributed by atoms with Crippen molar-refractivity contribution in [2.75, 3.05) is 19.3 Å². The number of aromatic amines is 1. The number of piperidine rings is 1. The minimum Gasteiger partial charge on any atom is -0.349 e. The Labute approximate surface area is 133 Å². The maximum atomic E-state index is 11.9. The highest BCUT2D eigenvalue weighted by molar-refractivity contribution is 7.88. The molecular weight excluding hydrogens is 314 g/mol. The van der Waals surface area contributed by atoms with Crippen molar-refractivity contribution >= 4 is 32.0 Å². The molecule has 1 aliphatic heterocycles. The quantitative estimate of drug-likeness (QED) is 0.771. The molecule has 7 nitrogen and oxygen atoms in total. The number of nitrogens with zero attached hydrogens (tertiary/aromatic N) is 4. The van der Waals surface area contributed by atoms with Crippen LogP contribution in [0, 0.1) is 0 Å². The van der Waals surface area contributed by atoms with E-state index >= 15 is 0 Å². The van der Waals surface area contributed by atoms with Crippen LogP contribution in [0.15, 0.2) is 24.8 Å². The number of hydrogen-bond acceptors (Lipinski definition) is 5. The molecule has 1 aliphatic rings. The van der Waals surface area contributed by atoms with Gasteiger partial charge in [-0.15, -0.1) is 0 Å². The van der Waals surface area contributed by atoms with E-state index in [-0.39, 0.29) is 5.92 Å². The van der Waals surface area contributed by atoms with E-state index in [1.807, 2.05) is 6.07 Å². The van der Waals surface area contributed by atoms with E-state index in [1.165, 1.54) is 6.26 Å². The highest BCUT2D eigenvalue weighted by Gasteiger charge is 2.28. The maximum absolute atomic E-state index is 11.9. The lowest BCUT2D eigenvalue weighted by molar-refractivity contribution is 0.315. The Morgan fingerprint density at radius 2 is 2.17 bits per heavy atom. The number of pyridine rings is 1. The van der Waals surface area contributed by atoms with E-state index in [4.69, 9.17) is 0 Å². The van der Waals surface area contributed by atoms with Crippen molar-refractivity contribution < 1.29 is 8.42 Å². The molecule has 0 aliphatic carbocycles. The van der Waals surface area contributed by atoms with Crippen molar-refractivity contribution in [3.8, 4) is 0 Å². The number of fused-ring (bicyclic) bond motifs is 3. The van der Waals surface area contributed by atoms with E-state index in [9.17, 15) is 8.42 Å². The molecule has 4 rings (SSSR count). The van der Waals surface area contributed by atoms with Gasteiger partial charge in [0, 0.05) is 41.7 Å². The van der Waals surface area contributed by atoms with Crippen molar-refractivity contribution in [3.63, 3.8) is 0 Å². The summed E-state index contributed by atoms with van der Waals surface area (Å²) in [4.78, 5) is 16.2. The maximum Gasteiger partial charge on any atom is 0.211 e. The Kier molecular flexibility index (Phi) is 3.31. The molecule has 120 valence electrons. The zero-order chi connectivity index (χ0) is 16.0. The van der Waals surface area contributed by atoms with Gasteiger partial charge in [-0.2, -0.15) is 0 Å². The first kappa shape index (κ1) is 14.5. The van der Waals surface area contributed by atoms with Crippen LogP contribution in [0.4, 0.5) is 0 Å². The highest BCUT2D eigenvalue weighted by Crippen LogP contribution is 2.33. The molecule has 1 unspecified atom stereocenters. The largest absolute Gasteiger partial charge is 0.349 e. The minimum absolute atomic E-state index is 0.115. The Bertz CT molecular complexity index is 982. The Morgan fingerprint density at radius 3 is 3.00 bits per heavy atom. The molecule has 23 heavy (non-hydrogen) atoms. The summed E-state index contributed by atoms with van der Waals surface area (Å²) in [6.45, 7) is 1.08. The second-order valence-corrected chi connectivity index (χ2v) is 7.96. The predicted molar refractivity (Wildman–Crippen MR) is 87.6 cm³/mol. The predicted octanol–water partition coefficient (Wildman–Crippen LogP) is 1.65. The van der Waals surface area contributed by atoms with E-state index < -0.39 is 10.0 Å². The lowest BCUT2D eigenvalue weighted by Crippen LogP contribution is -2.38. The van der Waals surface area contributed by atoms with Gasteiger partial charge in [-0.3, -0.25) is 0 Å². The zero-order valence-corrected chi connectivity index (χ0v) is 13.5. The molecular formula is C15H17N5O2S. The molecule has 0 saturated carbocycles. The topological polar surface area (TPSA) is 91.8 Å².